The van der Waals surface area contributed by atoms with Crippen molar-refractivity contribution in [2.24, 2.45) is 0 Å². The van der Waals surface area contributed by atoms with Crippen LogP contribution >= 0.6 is 0 Å². The van der Waals surface area contributed by atoms with Crippen LogP contribution < -0.4 is 14.2 Å². The van der Waals surface area contributed by atoms with Crippen LogP contribution in [0.25, 0.3) is 12.2 Å². The maximum Gasteiger partial charge on any atom is 0.330 e. The molecule has 2 fully saturated rings. The third kappa shape index (κ3) is 8.40. The van der Waals surface area contributed by atoms with Gasteiger partial charge in [0.1, 0.15) is 78.4 Å². The molecule has 0 aromatic heterocycles. The number of aliphatic hydroxyl groups is 7. The Labute approximate surface area is 317 Å². The van der Waals surface area contributed by atoms with Crippen molar-refractivity contribution in [3.8, 4) is 40.2 Å². The molecule has 0 saturated carbocycles. The number of fused-ring (bicyclic) bond motifs is 1. The van der Waals surface area contributed by atoms with Crippen LogP contribution in [-0.2, 0) is 23.7 Å². The minimum atomic E-state index is -1.86. The number of phenols is 4. The van der Waals surface area contributed by atoms with Gasteiger partial charge in [0.15, 0.2) is 29.1 Å². The molecule has 19 nitrogen and oxygen atoms in total. The van der Waals surface area contributed by atoms with Crippen LogP contribution in [0.15, 0.2) is 60.4 Å². The zero-order valence-corrected chi connectivity index (χ0v) is 29.3. The zero-order valence-electron chi connectivity index (χ0n) is 29.3. The highest BCUT2D eigenvalue weighted by molar-refractivity contribution is 5.87. The van der Waals surface area contributed by atoms with Crippen molar-refractivity contribution in [1.82, 2.24) is 0 Å². The number of aliphatic hydroxyl groups excluding tert-OH is 7. The Bertz CT molecular complexity index is 1950. The fourth-order valence-corrected chi connectivity index (χ4v) is 6.11. The van der Waals surface area contributed by atoms with Crippen LogP contribution in [0.2, 0.25) is 0 Å². The Balaban J connectivity index is 1.14. The summed E-state index contributed by atoms with van der Waals surface area (Å²) in [5.74, 6) is -2.43. The number of carbonyl (C=O) groups is 1. The lowest BCUT2D eigenvalue weighted by atomic mass is 9.98. The highest BCUT2D eigenvalue weighted by Gasteiger charge is 2.47. The Morgan fingerprint density at radius 2 is 1.38 bits per heavy atom. The van der Waals surface area contributed by atoms with E-state index in [4.69, 9.17) is 33.2 Å². The van der Waals surface area contributed by atoms with E-state index in [-0.39, 0.29) is 51.4 Å². The third-order valence-corrected chi connectivity index (χ3v) is 9.20. The van der Waals surface area contributed by atoms with Gasteiger partial charge in [-0.1, -0.05) is 12.1 Å². The van der Waals surface area contributed by atoms with Crippen molar-refractivity contribution in [3.05, 3.63) is 77.1 Å². The number of hydrogen-bond acceptors (Lipinski definition) is 19. The Kier molecular flexibility index (Phi) is 12.1. The summed E-state index contributed by atoms with van der Waals surface area (Å²) in [4.78, 5) is 12.7. The van der Waals surface area contributed by atoms with Gasteiger partial charge in [-0.3, -0.25) is 0 Å². The summed E-state index contributed by atoms with van der Waals surface area (Å²) in [5, 5.41) is 113. The summed E-state index contributed by atoms with van der Waals surface area (Å²) in [6.45, 7) is -1.35. The van der Waals surface area contributed by atoms with Crippen molar-refractivity contribution < 1.29 is 94.1 Å². The molecule has 11 atom stereocenters. The minimum absolute atomic E-state index is 0.0511. The number of phenolic OH excluding ortho intramolecular Hbond substituents is 4. The summed E-state index contributed by atoms with van der Waals surface area (Å²) < 4.78 is 39.0. The van der Waals surface area contributed by atoms with Gasteiger partial charge >= 0.3 is 5.97 Å². The van der Waals surface area contributed by atoms with E-state index in [1.165, 1.54) is 61.7 Å². The van der Waals surface area contributed by atoms with Crippen molar-refractivity contribution in [2.45, 2.75) is 67.5 Å². The first-order valence-electron chi connectivity index (χ1n) is 17.0. The van der Waals surface area contributed by atoms with Gasteiger partial charge in [0.25, 0.3) is 0 Å². The molecule has 19 heteroatoms. The SMILES string of the molecule is COc1cc(C2Oc3cc(O)cc(O)c3C=C2O[C@@H]2O[C@H](COC(=O)/C=C/c3ccc(O)c(O[C@@H]4O[C@H](CO)[C@@H](O)[C@H](O)[C@H]4O)c3)[C@@H](O)[C@H](O)[C@@H]2O)ccc1O. The third-order valence-electron chi connectivity index (χ3n) is 9.20. The van der Waals surface area contributed by atoms with Crippen molar-refractivity contribution >= 4 is 18.1 Å². The molecule has 3 aliphatic rings. The molecule has 3 aliphatic heterocycles. The van der Waals surface area contributed by atoms with Crippen LogP contribution in [-0.4, -0.2) is 144 Å². The smallest absolute Gasteiger partial charge is 0.330 e. The van der Waals surface area contributed by atoms with Gasteiger partial charge in [0.05, 0.1) is 19.3 Å². The number of methoxy groups -OCH3 is 1. The molecule has 3 heterocycles. The lowest BCUT2D eigenvalue weighted by molar-refractivity contribution is -0.294. The van der Waals surface area contributed by atoms with Gasteiger partial charge in [0.2, 0.25) is 12.6 Å². The van der Waals surface area contributed by atoms with Crippen molar-refractivity contribution in [3.63, 3.8) is 0 Å². The first kappa shape index (κ1) is 40.3. The molecule has 0 radical (unpaired) electrons. The Morgan fingerprint density at radius 1 is 0.732 bits per heavy atom. The summed E-state index contributed by atoms with van der Waals surface area (Å²) >= 11 is 0. The molecule has 3 aromatic rings. The van der Waals surface area contributed by atoms with Crippen molar-refractivity contribution in [2.75, 3.05) is 20.3 Å². The standard InChI is InChI=1S/C37H40O19/c1-50-23-9-16(4-6-19(23)40)35-25(12-18-21(42)10-17(39)11-22(18)52-35)54-37-34(49)32(47)30(45)27(56-37)14-51-28(43)7-3-15-2-5-20(41)24(8-15)53-36-33(48)31(46)29(44)26(13-38)55-36/h2-12,26-27,29-42,44-49H,13-14H2,1H3/b7-3+/t26-,27-,29-,30-,31+,32+,33-,34+,35?,36-,37-/m1/s1. The molecule has 0 bridgehead atoms. The molecule has 302 valence electrons. The van der Waals surface area contributed by atoms with E-state index in [0.717, 1.165) is 12.1 Å². The normalized spacial score (nSPS) is 30.1. The largest absolute Gasteiger partial charge is 0.508 e. The van der Waals surface area contributed by atoms with Crippen LogP contribution in [0.1, 0.15) is 22.8 Å². The number of benzene rings is 3. The van der Waals surface area contributed by atoms with Gasteiger partial charge in [-0.25, -0.2) is 4.79 Å². The van der Waals surface area contributed by atoms with Crippen LogP contribution in [0.5, 0.6) is 40.2 Å². The highest BCUT2D eigenvalue weighted by atomic mass is 16.7. The molecule has 3 aromatic carbocycles. The maximum absolute atomic E-state index is 12.7. The maximum atomic E-state index is 12.7. The average Bonchev–Trinajstić information content (AvgIpc) is 3.18. The monoisotopic (exact) mass is 788 g/mol. The fraction of sp³-hybridized carbons (Fsp3) is 0.378. The van der Waals surface area contributed by atoms with Gasteiger partial charge in [0, 0.05) is 23.8 Å². The molecule has 1 unspecified atom stereocenters. The Morgan fingerprint density at radius 3 is 2.07 bits per heavy atom. The number of ether oxygens (including phenoxy) is 7. The van der Waals surface area contributed by atoms with Gasteiger partial charge in [-0.05, 0) is 42.0 Å². The summed E-state index contributed by atoms with van der Waals surface area (Å²) in [5.41, 5.74) is 0.708. The van der Waals surface area contributed by atoms with E-state index < -0.39 is 92.4 Å². The molecule has 6 rings (SSSR count). The zero-order chi connectivity index (χ0) is 40.4. The average molecular weight is 789 g/mol. The second-order valence-corrected chi connectivity index (χ2v) is 13.0. The van der Waals surface area contributed by atoms with E-state index >= 15 is 0 Å². The molecule has 0 aliphatic carbocycles. The number of rotatable bonds is 11. The molecule has 0 amide bonds. The quantitative estimate of drug-likeness (QED) is 0.0841. The fourth-order valence-electron chi connectivity index (χ4n) is 6.11. The molecule has 2 saturated heterocycles. The second-order valence-electron chi connectivity index (χ2n) is 13.0. The number of carbonyl (C=O) groups excluding carboxylic acids is 1. The summed E-state index contributed by atoms with van der Waals surface area (Å²) in [6, 6.07) is 10.4. The number of aromatic hydroxyl groups is 4. The first-order chi connectivity index (χ1) is 26.7. The van der Waals surface area contributed by atoms with Crippen LogP contribution in [0.3, 0.4) is 0 Å². The number of esters is 1. The van der Waals surface area contributed by atoms with E-state index in [1.54, 1.807) is 0 Å². The predicted molar refractivity (Wildman–Crippen MR) is 186 cm³/mol. The first-order valence-corrected chi connectivity index (χ1v) is 17.0. The molecular weight excluding hydrogens is 748 g/mol. The second kappa shape index (κ2) is 16.8. The lowest BCUT2D eigenvalue weighted by Crippen LogP contribution is -2.60. The minimum Gasteiger partial charge on any atom is -0.508 e. The van der Waals surface area contributed by atoms with Crippen molar-refractivity contribution in [1.29, 1.82) is 0 Å². The van der Waals surface area contributed by atoms with Crippen LogP contribution in [0, 0.1) is 0 Å². The highest BCUT2D eigenvalue weighted by Crippen LogP contribution is 2.45. The molecular formula is C37H40O19. The predicted octanol–water partition coefficient (Wildman–Crippen LogP) is -0.748. The van der Waals surface area contributed by atoms with E-state index in [1.807, 2.05) is 0 Å². The molecule has 11 N–H and O–H groups in total. The topological polar surface area (TPSA) is 304 Å². The van der Waals surface area contributed by atoms with E-state index in [2.05, 4.69) is 0 Å². The van der Waals surface area contributed by atoms with Gasteiger partial charge < -0.3 is 89.3 Å². The molecule has 0 spiro atoms. The van der Waals surface area contributed by atoms with Crippen LogP contribution in [0.4, 0.5) is 0 Å². The number of hydrogen-bond donors (Lipinski definition) is 11. The Hall–Kier alpha value is -5.35. The van der Waals surface area contributed by atoms with E-state index in [9.17, 15) is 61.0 Å². The molecule has 56 heavy (non-hydrogen) atoms. The van der Waals surface area contributed by atoms with E-state index in [0.29, 0.717) is 5.56 Å². The van der Waals surface area contributed by atoms with Gasteiger partial charge in [-0.15, -0.1) is 0 Å². The lowest BCUT2D eigenvalue weighted by Gasteiger charge is -2.41. The summed E-state index contributed by atoms with van der Waals surface area (Å²) in [6.07, 6.45) is -14.2. The summed E-state index contributed by atoms with van der Waals surface area (Å²) in [7, 11) is 1.33. The van der Waals surface area contributed by atoms with Gasteiger partial charge in [-0.2, -0.15) is 0 Å².